The van der Waals surface area contributed by atoms with Crippen LogP contribution in [0.3, 0.4) is 0 Å². The van der Waals surface area contributed by atoms with Gasteiger partial charge in [0.1, 0.15) is 0 Å². The van der Waals surface area contributed by atoms with E-state index in [1.807, 2.05) is 0 Å². The Labute approximate surface area is 94.8 Å². The molecule has 1 aromatic heterocycles. The molecule has 1 aliphatic rings. The van der Waals surface area contributed by atoms with Crippen molar-refractivity contribution in [2.45, 2.75) is 25.7 Å². The maximum absolute atomic E-state index is 11.9. The Bertz CT molecular complexity index is 328. The van der Waals surface area contributed by atoms with Crippen LogP contribution in [0.15, 0.2) is 12.4 Å². The first-order valence-corrected chi connectivity index (χ1v) is 5.80. The van der Waals surface area contributed by atoms with E-state index in [-0.39, 0.29) is 11.8 Å². The molecule has 5 nitrogen and oxygen atoms in total. The number of hydrogen-bond donors (Lipinski definition) is 3. The third-order valence-electron chi connectivity index (χ3n) is 3.29. The van der Waals surface area contributed by atoms with Gasteiger partial charge in [0.25, 0.3) is 0 Å². The maximum Gasteiger partial charge on any atom is 0.229 e. The number of H-pyrrole nitrogens is 1. The standard InChI is InChI=1S/C11H18N4O/c12-7-8-1-3-9(4-2-8)10(16)15-11-13-5-6-14-11/h5-6,8-9H,1-4,7,12H2,(H2,13,14,15,16). The fourth-order valence-electron chi connectivity index (χ4n) is 2.21. The van der Waals surface area contributed by atoms with E-state index in [1.165, 1.54) is 0 Å². The van der Waals surface area contributed by atoms with Crippen LogP contribution in [0, 0.1) is 11.8 Å². The Morgan fingerprint density at radius 2 is 2.25 bits per heavy atom. The van der Waals surface area contributed by atoms with Crippen molar-refractivity contribution in [3.63, 3.8) is 0 Å². The van der Waals surface area contributed by atoms with Gasteiger partial charge in [-0.1, -0.05) is 0 Å². The summed E-state index contributed by atoms with van der Waals surface area (Å²) >= 11 is 0. The average molecular weight is 222 g/mol. The van der Waals surface area contributed by atoms with E-state index in [4.69, 9.17) is 5.73 Å². The Morgan fingerprint density at radius 1 is 1.50 bits per heavy atom. The second-order valence-corrected chi connectivity index (χ2v) is 4.38. The van der Waals surface area contributed by atoms with E-state index in [9.17, 15) is 4.79 Å². The van der Waals surface area contributed by atoms with Gasteiger partial charge in [-0.05, 0) is 38.1 Å². The van der Waals surface area contributed by atoms with Crippen molar-refractivity contribution >= 4 is 11.9 Å². The summed E-state index contributed by atoms with van der Waals surface area (Å²) in [7, 11) is 0. The van der Waals surface area contributed by atoms with Gasteiger partial charge in [-0.15, -0.1) is 0 Å². The molecule has 88 valence electrons. The summed E-state index contributed by atoms with van der Waals surface area (Å²) < 4.78 is 0. The first-order chi connectivity index (χ1) is 7.79. The van der Waals surface area contributed by atoms with Gasteiger partial charge in [-0.2, -0.15) is 0 Å². The van der Waals surface area contributed by atoms with E-state index in [0.29, 0.717) is 11.9 Å². The molecule has 0 atom stereocenters. The number of nitrogens with one attached hydrogen (secondary N) is 2. The van der Waals surface area contributed by atoms with Crippen LogP contribution in [0.2, 0.25) is 0 Å². The molecule has 5 heteroatoms. The lowest BCUT2D eigenvalue weighted by atomic mass is 9.81. The highest BCUT2D eigenvalue weighted by Gasteiger charge is 2.25. The van der Waals surface area contributed by atoms with E-state index in [0.717, 1.165) is 32.2 Å². The molecule has 0 aliphatic heterocycles. The minimum absolute atomic E-state index is 0.0745. The highest BCUT2D eigenvalue weighted by atomic mass is 16.2. The molecule has 0 aromatic carbocycles. The molecule has 0 saturated heterocycles. The Morgan fingerprint density at radius 3 is 2.81 bits per heavy atom. The van der Waals surface area contributed by atoms with Crippen LogP contribution >= 0.6 is 0 Å². The minimum atomic E-state index is 0.0745. The molecule has 0 bridgehead atoms. The first kappa shape index (κ1) is 11.1. The summed E-state index contributed by atoms with van der Waals surface area (Å²) in [6.45, 7) is 0.743. The smallest absolute Gasteiger partial charge is 0.229 e. The lowest BCUT2D eigenvalue weighted by Gasteiger charge is -2.26. The monoisotopic (exact) mass is 222 g/mol. The Hall–Kier alpha value is -1.36. The zero-order valence-electron chi connectivity index (χ0n) is 9.28. The molecule has 2 rings (SSSR count). The zero-order chi connectivity index (χ0) is 11.4. The summed E-state index contributed by atoms with van der Waals surface area (Å²) in [5.74, 6) is 1.33. The van der Waals surface area contributed by atoms with Gasteiger partial charge in [-0.25, -0.2) is 4.98 Å². The van der Waals surface area contributed by atoms with E-state index in [1.54, 1.807) is 12.4 Å². The van der Waals surface area contributed by atoms with Crippen molar-refractivity contribution in [3.8, 4) is 0 Å². The summed E-state index contributed by atoms with van der Waals surface area (Å²) in [6, 6.07) is 0. The molecule has 16 heavy (non-hydrogen) atoms. The number of hydrogen-bond acceptors (Lipinski definition) is 3. The highest BCUT2D eigenvalue weighted by molar-refractivity contribution is 5.90. The lowest BCUT2D eigenvalue weighted by molar-refractivity contribution is -0.121. The van der Waals surface area contributed by atoms with Crippen molar-refractivity contribution in [3.05, 3.63) is 12.4 Å². The van der Waals surface area contributed by atoms with E-state index >= 15 is 0 Å². The predicted molar refractivity (Wildman–Crippen MR) is 61.7 cm³/mol. The molecule has 1 saturated carbocycles. The Kier molecular flexibility index (Phi) is 3.56. The van der Waals surface area contributed by atoms with Gasteiger partial charge in [-0.3, -0.25) is 10.1 Å². The SMILES string of the molecule is NCC1CCC(C(=O)Nc2ncc[nH]2)CC1. The number of carbonyl (C=O) groups excluding carboxylic acids is 1. The van der Waals surface area contributed by atoms with Crippen molar-refractivity contribution in [2.24, 2.45) is 17.6 Å². The third kappa shape index (κ3) is 2.61. The molecule has 4 N–H and O–H groups in total. The van der Waals surface area contributed by atoms with Crippen LogP contribution in [0.25, 0.3) is 0 Å². The number of nitrogens with two attached hydrogens (primary N) is 1. The van der Waals surface area contributed by atoms with Gasteiger partial charge in [0, 0.05) is 18.3 Å². The number of aromatic nitrogens is 2. The zero-order valence-corrected chi connectivity index (χ0v) is 9.28. The number of amides is 1. The summed E-state index contributed by atoms with van der Waals surface area (Å²) in [5, 5.41) is 2.79. The molecule has 1 aliphatic carbocycles. The number of anilines is 1. The topological polar surface area (TPSA) is 83.8 Å². The van der Waals surface area contributed by atoms with Gasteiger partial charge >= 0.3 is 0 Å². The molecule has 1 fully saturated rings. The van der Waals surface area contributed by atoms with Gasteiger partial charge in [0.2, 0.25) is 11.9 Å². The maximum atomic E-state index is 11.9. The largest absolute Gasteiger partial charge is 0.331 e. The number of nitrogens with zero attached hydrogens (tertiary/aromatic N) is 1. The molecular formula is C11H18N4O. The predicted octanol–water partition coefficient (Wildman–Crippen LogP) is 1.11. The van der Waals surface area contributed by atoms with Crippen LogP contribution < -0.4 is 11.1 Å². The molecule has 1 amide bonds. The number of imidazole rings is 1. The van der Waals surface area contributed by atoms with Crippen molar-refractivity contribution in [1.29, 1.82) is 0 Å². The minimum Gasteiger partial charge on any atom is -0.331 e. The normalized spacial score (nSPS) is 25.3. The van der Waals surface area contributed by atoms with Crippen LogP contribution in [0.1, 0.15) is 25.7 Å². The molecule has 1 aromatic rings. The molecule has 0 spiro atoms. The fraction of sp³-hybridized carbons (Fsp3) is 0.636. The summed E-state index contributed by atoms with van der Waals surface area (Å²) in [6.07, 6.45) is 7.32. The first-order valence-electron chi connectivity index (χ1n) is 5.80. The van der Waals surface area contributed by atoms with Crippen molar-refractivity contribution in [1.82, 2.24) is 9.97 Å². The second-order valence-electron chi connectivity index (χ2n) is 4.38. The molecule has 0 radical (unpaired) electrons. The van der Waals surface area contributed by atoms with Crippen LogP contribution in [-0.2, 0) is 4.79 Å². The quantitative estimate of drug-likeness (QED) is 0.716. The number of rotatable bonds is 3. The summed E-state index contributed by atoms with van der Waals surface area (Å²) in [5.41, 5.74) is 5.62. The number of aromatic amines is 1. The third-order valence-corrected chi connectivity index (χ3v) is 3.29. The van der Waals surface area contributed by atoms with Crippen molar-refractivity contribution < 1.29 is 4.79 Å². The van der Waals surface area contributed by atoms with Gasteiger partial charge in [0.15, 0.2) is 0 Å². The average Bonchev–Trinajstić information content (AvgIpc) is 2.82. The highest BCUT2D eigenvalue weighted by Crippen LogP contribution is 2.28. The van der Waals surface area contributed by atoms with E-state index in [2.05, 4.69) is 15.3 Å². The molecule has 1 heterocycles. The van der Waals surface area contributed by atoms with Gasteiger partial charge < -0.3 is 10.7 Å². The van der Waals surface area contributed by atoms with Crippen LogP contribution in [-0.4, -0.2) is 22.4 Å². The van der Waals surface area contributed by atoms with Crippen LogP contribution in [0.4, 0.5) is 5.95 Å². The van der Waals surface area contributed by atoms with Crippen LogP contribution in [0.5, 0.6) is 0 Å². The van der Waals surface area contributed by atoms with Crippen molar-refractivity contribution in [2.75, 3.05) is 11.9 Å². The Balaban J connectivity index is 1.82. The second kappa shape index (κ2) is 5.12. The fourth-order valence-corrected chi connectivity index (χ4v) is 2.21. The summed E-state index contributed by atoms with van der Waals surface area (Å²) in [4.78, 5) is 18.7. The lowest BCUT2D eigenvalue weighted by Crippen LogP contribution is -2.29. The van der Waals surface area contributed by atoms with Gasteiger partial charge in [0.05, 0.1) is 0 Å². The van der Waals surface area contributed by atoms with E-state index < -0.39 is 0 Å². The number of carbonyl (C=O) groups is 1. The molecular weight excluding hydrogens is 204 g/mol. The molecule has 0 unspecified atom stereocenters.